The molecule has 1 saturated heterocycles. The Balaban J connectivity index is 1.47. The van der Waals surface area contributed by atoms with Gasteiger partial charge >= 0.3 is 0 Å². The van der Waals surface area contributed by atoms with Gasteiger partial charge in [-0.2, -0.15) is 0 Å². The highest BCUT2D eigenvalue weighted by atomic mass is 16.2. The zero-order valence-corrected chi connectivity index (χ0v) is 14.9. The molecule has 2 aliphatic rings. The predicted octanol–water partition coefficient (Wildman–Crippen LogP) is 2.32. The number of hydrogen-bond acceptors (Lipinski definition) is 4. The quantitative estimate of drug-likeness (QED) is 0.839. The van der Waals surface area contributed by atoms with E-state index in [1.807, 2.05) is 49.3 Å². The molecule has 2 aromatic rings. The van der Waals surface area contributed by atoms with Crippen LogP contribution in [0.5, 0.6) is 0 Å². The predicted molar refractivity (Wildman–Crippen MR) is 96.3 cm³/mol. The molecule has 1 aliphatic carbocycles. The number of anilines is 1. The third kappa shape index (κ3) is 3.18. The molecule has 0 radical (unpaired) electrons. The first-order valence-corrected chi connectivity index (χ1v) is 9.10. The fraction of sp³-hybridized carbons (Fsp3) is 0.526. The number of rotatable bonds is 5. The SMILES string of the molecule is CN(Cc1nnc(C2CC2)n1C)C1CCCN(c2ccccc2)C1=O. The van der Waals surface area contributed by atoms with Gasteiger partial charge in [0.25, 0.3) is 0 Å². The van der Waals surface area contributed by atoms with Crippen LogP contribution in [0.4, 0.5) is 5.69 Å². The van der Waals surface area contributed by atoms with Crippen molar-refractivity contribution in [2.75, 3.05) is 18.5 Å². The average molecular weight is 339 g/mol. The summed E-state index contributed by atoms with van der Waals surface area (Å²) in [6.45, 7) is 1.44. The maximum atomic E-state index is 13.0. The number of hydrogen-bond donors (Lipinski definition) is 0. The molecule has 6 heteroatoms. The first-order chi connectivity index (χ1) is 12.1. The van der Waals surface area contributed by atoms with Crippen molar-refractivity contribution < 1.29 is 4.79 Å². The Morgan fingerprint density at radius 2 is 1.92 bits per heavy atom. The summed E-state index contributed by atoms with van der Waals surface area (Å²) in [6, 6.07) is 9.85. The molecule has 1 amide bonds. The summed E-state index contributed by atoms with van der Waals surface area (Å²) in [5.41, 5.74) is 0.986. The van der Waals surface area contributed by atoms with Crippen molar-refractivity contribution in [3.63, 3.8) is 0 Å². The lowest BCUT2D eigenvalue weighted by Gasteiger charge is -2.36. The molecule has 1 aromatic carbocycles. The lowest BCUT2D eigenvalue weighted by Crippen LogP contribution is -2.51. The van der Waals surface area contributed by atoms with Gasteiger partial charge in [-0.05, 0) is 44.9 Å². The van der Waals surface area contributed by atoms with Crippen LogP contribution in [0.3, 0.4) is 0 Å². The van der Waals surface area contributed by atoms with Crippen molar-refractivity contribution in [3.8, 4) is 0 Å². The molecule has 0 spiro atoms. The molecule has 6 nitrogen and oxygen atoms in total. The zero-order valence-electron chi connectivity index (χ0n) is 14.9. The van der Waals surface area contributed by atoms with E-state index in [4.69, 9.17) is 0 Å². The monoisotopic (exact) mass is 339 g/mol. The van der Waals surface area contributed by atoms with Gasteiger partial charge in [0.05, 0.1) is 12.6 Å². The van der Waals surface area contributed by atoms with E-state index < -0.39 is 0 Å². The van der Waals surface area contributed by atoms with E-state index in [1.54, 1.807) is 0 Å². The van der Waals surface area contributed by atoms with Crippen molar-refractivity contribution >= 4 is 11.6 Å². The number of carbonyl (C=O) groups excluding carboxylic acids is 1. The molecule has 132 valence electrons. The summed E-state index contributed by atoms with van der Waals surface area (Å²) in [5.74, 6) is 2.80. The van der Waals surface area contributed by atoms with E-state index >= 15 is 0 Å². The fourth-order valence-corrected chi connectivity index (χ4v) is 3.67. The van der Waals surface area contributed by atoms with E-state index in [0.29, 0.717) is 12.5 Å². The van der Waals surface area contributed by atoms with Gasteiger partial charge in [0, 0.05) is 25.2 Å². The third-order valence-corrected chi connectivity index (χ3v) is 5.34. The van der Waals surface area contributed by atoms with Gasteiger partial charge in [-0.3, -0.25) is 9.69 Å². The van der Waals surface area contributed by atoms with Crippen molar-refractivity contribution in [2.45, 2.75) is 44.2 Å². The summed E-state index contributed by atoms with van der Waals surface area (Å²) in [5, 5.41) is 8.71. The van der Waals surface area contributed by atoms with Crippen LogP contribution in [0.2, 0.25) is 0 Å². The minimum absolute atomic E-state index is 0.102. The van der Waals surface area contributed by atoms with Crippen LogP contribution < -0.4 is 4.90 Å². The van der Waals surface area contributed by atoms with Crippen LogP contribution in [0.25, 0.3) is 0 Å². The summed E-state index contributed by atoms with van der Waals surface area (Å²) >= 11 is 0. The maximum absolute atomic E-state index is 13.0. The van der Waals surface area contributed by atoms with Crippen LogP contribution in [-0.2, 0) is 18.4 Å². The number of aromatic nitrogens is 3. The van der Waals surface area contributed by atoms with E-state index in [0.717, 1.165) is 36.7 Å². The summed E-state index contributed by atoms with van der Waals surface area (Å²) in [4.78, 5) is 17.0. The number of likely N-dealkylation sites (N-methyl/N-ethyl adjacent to an activating group) is 1. The Labute approximate surface area is 148 Å². The first-order valence-electron chi connectivity index (χ1n) is 9.10. The fourth-order valence-electron chi connectivity index (χ4n) is 3.67. The Hall–Kier alpha value is -2.21. The molecule has 25 heavy (non-hydrogen) atoms. The number of para-hydroxylation sites is 1. The number of benzene rings is 1. The van der Waals surface area contributed by atoms with Gasteiger partial charge in [0.15, 0.2) is 0 Å². The van der Waals surface area contributed by atoms with Gasteiger partial charge in [0.1, 0.15) is 11.6 Å². The summed E-state index contributed by atoms with van der Waals surface area (Å²) in [7, 11) is 4.05. The van der Waals surface area contributed by atoms with Crippen molar-refractivity contribution in [2.24, 2.45) is 7.05 Å². The second-order valence-electron chi connectivity index (χ2n) is 7.21. The number of nitrogens with zero attached hydrogens (tertiary/aromatic N) is 5. The van der Waals surface area contributed by atoms with Crippen LogP contribution in [0.1, 0.15) is 43.3 Å². The number of carbonyl (C=O) groups is 1. The van der Waals surface area contributed by atoms with E-state index in [1.165, 1.54) is 12.8 Å². The van der Waals surface area contributed by atoms with E-state index in [-0.39, 0.29) is 11.9 Å². The van der Waals surface area contributed by atoms with Crippen molar-refractivity contribution in [3.05, 3.63) is 42.0 Å². The highest BCUT2D eigenvalue weighted by Crippen LogP contribution is 2.38. The van der Waals surface area contributed by atoms with Gasteiger partial charge in [-0.15, -0.1) is 10.2 Å². The summed E-state index contributed by atoms with van der Waals surface area (Å²) < 4.78 is 2.11. The van der Waals surface area contributed by atoms with Gasteiger partial charge in [0.2, 0.25) is 5.91 Å². The minimum Gasteiger partial charge on any atom is -0.317 e. The molecule has 0 N–H and O–H groups in total. The summed E-state index contributed by atoms with van der Waals surface area (Å²) in [6.07, 6.45) is 4.34. The molecule has 0 bridgehead atoms. The standard InChI is InChI=1S/C19H25N5O/c1-22(13-17-20-21-18(23(17)2)14-10-11-14)16-9-6-12-24(19(16)25)15-7-4-3-5-8-15/h3-5,7-8,14,16H,6,9-13H2,1-2H3. The lowest BCUT2D eigenvalue weighted by atomic mass is 10.0. The van der Waals surface area contributed by atoms with Crippen LogP contribution >= 0.6 is 0 Å². The Morgan fingerprint density at radius 1 is 1.16 bits per heavy atom. The van der Waals surface area contributed by atoms with Crippen molar-refractivity contribution in [1.82, 2.24) is 19.7 Å². The molecule has 1 aromatic heterocycles. The number of amides is 1. The molecule has 1 aliphatic heterocycles. The Morgan fingerprint density at radius 3 is 2.64 bits per heavy atom. The van der Waals surface area contributed by atoms with Gasteiger partial charge in [-0.25, -0.2) is 0 Å². The highest BCUT2D eigenvalue weighted by Gasteiger charge is 2.34. The largest absolute Gasteiger partial charge is 0.317 e. The Kier molecular flexibility index (Phi) is 4.29. The average Bonchev–Trinajstić information content (AvgIpc) is 3.41. The molecule has 2 heterocycles. The highest BCUT2D eigenvalue weighted by molar-refractivity contribution is 5.97. The molecule has 1 atom stereocenters. The van der Waals surface area contributed by atoms with E-state index in [2.05, 4.69) is 19.7 Å². The molecule has 4 rings (SSSR count). The second-order valence-corrected chi connectivity index (χ2v) is 7.21. The molecular formula is C19H25N5O. The van der Waals surface area contributed by atoms with Crippen LogP contribution in [-0.4, -0.2) is 45.2 Å². The van der Waals surface area contributed by atoms with Crippen LogP contribution in [0, 0.1) is 0 Å². The molecule has 1 saturated carbocycles. The van der Waals surface area contributed by atoms with Gasteiger partial charge in [-0.1, -0.05) is 18.2 Å². The smallest absolute Gasteiger partial charge is 0.244 e. The molecule has 2 fully saturated rings. The van der Waals surface area contributed by atoms with Crippen molar-refractivity contribution in [1.29, 1.82) is 0 Å². The zero-order chi connectivity index (χ0) is 17.4. The minimum atomic E-state index is -0.102. The lowest BCUT2D eigenvalue weighted by molar-refractivity contribution is -0.125. The normalized spacial score (nSPS) is 21.2. The molecular weight excluding hydrogens is 314 g/mol. The van der Waals surface area contributed by atoms with E-state index in [9.17, 15) is 4.79 Å². The topological polar surface area (TPSA) is 54.3 Å². The van der Waals surface area contributed by atoms with Gasteiger partial charge < -0.3 is 9.47 Å². The second kappa shape index (κ2) is 6.59. The third-order valence-electron chi connectivity index (χ3n) is 5.34. The molecule has 1 unspecified atom stereocenters. The maximum Gasteiger partial charge on any atom is 0.244 e. The number of piperidine rings is 1. The Bertz CT molecular complexity index is 752. The van der Waals surface area contributed by atoms with Crippen LogP contribution in [0.15, 0.2) is 30.3 Å². The first kappa shape index (κ1) is 16.3.